The molecule has 140 valence electrons. The lowest BCUT2D eigenvalue weighted by atomic mass is 10.1. The highest BCUT2D eigenvalue weighted by atomic mass is 19.4. The molecule has 0 bridgehead atoms. The summed E-state index contributed by atoms with van der Waals surface area (Å²) in [5.41, 5.74) is -0.675. The highest BCUT2D eigenvalue weighted by Crippen LogP contribution is 2.34. The van der Waals surface area contributed by atoms with Crippen LogP contribution >= 0.6 is 0 Å². The summed E-state index contributed by atoms with van der Waals surface area (Å²) in [6.45, 7) is 1.26. The van der Waals surface area contributed by atoms with Crippen LogP contribution in [-0.4, -0.2) is 42.0 Å². The van der Waals surface area contributed by atoms with E-state index in [9.17, 15) is 22.8 Å². The van der Waals surface area contributed by atoms with Gasteiger partial charge in [0.2, 0.25) is 17.7 Å². The average Bonchev–Trinajstić information content (AvgIpc) is 2.91. The normalized spacial score (nSPS) is 11.5. The lowest BCUT2D eigenvalue weighted by Gasteiger charge is -2.17. The Hall–Kier alpha value is -2.88. The van der Waals surface area contributed by atoms with Crippen molar-refractivity contribution < 1.29 is 27.3 Å². The quantitative estimate of drug-likeness (QED) is 0.816. The summed E-state index contributed by atoms with van der Waals surface area (Å²) >= 11 is 0. The lowest BCUT2D eigenvalue weighted by Crippen LogP contribution is -2.36. The van der Waals surface area contributed by atoms with E-state index in [0.717, 1.165) is 6.07 Å². The molecule has 0 saturated carbocycles. The number of likely N-dealkylation sites (N-methyl/N-ethyl adjacent to an activating group) is 1. The van der Waals surface area contributed by atoms with Gasteiger partial charge in [-0.2, -0.15) is 13.2 Å². The first-order valence-corrected chi connectivity index (χ1v) is 7.53. The number of carbonyl (C=O) groups is 2. The van der Waals surface area contributed by atoms with Gasteiger partial charge in [0.25, 0.3) is 0 Å². The van der Waals surface area contributed by atoms with Crippen LogP contribution in [0.25, 0.3) is 0 Å². The Bertz CT molecular complexity index is 789. The summed E-state index contributed by atoms with van der Waals surface area (Å²) in [6, 6.07) is 6.20. The molecule has 0 aliphatic carbocycles. The Kier molecular flexibility index (Phi) is 5.98. The van der Waals surface area contributed by atoms with Crippen molar-refractivity contribution in [2.75, 3.05) is 30.8 Å². The van der Waals surface area contributed by atoms with E-state index in [4.69, 9.17) is 4.52 Å². The van der Waals surface area contributed by atoms with Gasteiger partial charge in [-0.3, -0.25) is 19.8 Å². The van der Waals surface area contributed by atoms with Gasteiger partial charge in [0.05, 0.1) is 30.0 Å². The third kappa shape index (κ3) is 5.59. The number of benzene rings is 1. The van der Waals surface area contributed by atoms with Crippen molar-refractivity contribution in [2.24, 2.45) is 0 Å². The second-order valence-electron chi connectivity index (χ2n) is 5.64. The molecule has 2 aromatic rings. The highest BCUT2D eigenvalue weighted by molar-refractivity contribution is 5.94. The molecule has 1 heterocycles. The van der Waals surface area contributed by atoms with E-state index in [2.05, 4.69) is 15.8 Å². The van der Waals surface area contributed by atoms with E-state index in [0.29, 0.717) is 5.69 Å². The zero-order valence-corrected chi connectivity index (χ0v) is 14.1. The van der Waals surface area contributed by atoms with Gasteiger partial charge < -0.3 is 9.84 Å². The van der Waals surface area contributed by atoms with Gasteiger partial charge in [-0.15, -0.1) is 0 Å². The minimum absolute atomic E-state index is 0.159. The molecule has 0 aliphatic rings. The predicted molar refractivity (Wildman–Crippen MR) is 87.4 cm³/mol. The summed E-state index contributed by atoms with van der Waals surface area (Å²) in [6.07, 6.45) is -4.58. The fourth-order valence-corrected chi connectivity index (χ4v) is 2.17. The van der Waals surface area contributed by atoms with Gasteiger partial charge in [0.1, 0.15) is 0 Å². The number of hydrogen-bond donors (Lipinski definition) is 2. The monoisotopic (exact) mass is 370 g/mol. The smallest absolute Gasteiger partial charge is 0.338 e. The molecule has 0 atom stereocenters. The molecule has 0 aliphatic heterocycles. The van der Waals surface area contributed by atoms with E-state index >= 15 is 0 Å². The van der Waals surface area contributed by atoms with Crippen LogP contribution in [0.15, 0.2) is 34.9 Å². The fraction of sp³-hybridized carbons (Fsp3) is 0.312. The number of anilines is 2. The number of aromatic nitrogens is 1. The van der Waals surface area contributed by atoms with Crippen LogP contribution in [0, 0.1) is 6.92 Å². The Morgan fingerprint density at radius 3 is 2.35 bits per heavy atom. The summed E-state index contributed by atoms with van der Waals surface area (Å²) < 4.78 is 43.6. The van der Waals surface area contributed by atoms with Crippen LogP contribution in [0.2, 0.25) is 0 Å². The van der Waals surface area contributed by atoms with Gasteiger partial charge in [0, 0.05) is 6.07 Å². The first kappa shape index (κ1) is 19.4. The summed E-state index contributed by atoms with van der Waals surface area (Å²) in [5, 5.41) is 8.28. The number of amides is 2. The Labute approximate surface area is 147 Å². The lowest BCUT2D eigenvalue weighted by molar-refractivity contribution is -0.137. The van der Waals surface area contributed by atoms with E-state index in [1.165, 1.54) is 36.2 Å². The molecule has 26 heavy (non-hydrogen) atoms. The topological polar surface area (TPSA) is 87.5 Å². The number of nitrogens with zero attached hydrogens (tertiary/aromatic N) is 2. The third-order valence-corrected chi connectivity index (χ3v) is 3.22. The van der Waals surface area contributed by atoms with E-state index in [1.807, 2.05) is 0 Å². The van der Waals surface area contributed by atoms with E-state index in [-0.39, 0.29) is 24.7 Å². The first-order chi connectivity index (χ1) is 12.1. The standard InChI is InChI=1S/C16H17F3N4O3/c1-10-7-15(26-22-10)21-14(25)9-23(2)8-13(24)20-12-6-4-3-5-11(12)16(17,18)19/h3-7H,8-9H2,1-2H3,(H,20,24)(H,21,25). The minimum Gasteiger partial charge on any atom is -0.338 e. The average molecular weight is 370 g/mol. The van der Waals surface area contributed by atoms with Crippen LogP contribution in [0.4, 0.5) is 24.7 Å². The Morgan fingerprint density at radius 1 is 1.15 bits per heavy atom. The maximum atomic E-state index is 12.9. The van der Waals surface area contributed by atoms with Gasteiger partial charge in [-0.25, -0.2) is 0 Å². The molecule has 1 aromatic carbocycles. The maximum absolute atomic E-state index is 12.9. The number of alkyl halides is 3. The largest absolute Gasteiger partial charge is 0.418 e. The number of aryl methyl sites for hydroxylation is 1. The summed E-state index contributed by atoms with van der Waals surface area (Å²) in [5.74, 6) is -0.955. The molecular weight excluding hydrogens is 353 g/mol. The molecule has 2 amide bonds. The SMILES string of the molecule is Cc1cc(NC(=O)CN(C)CC(=O)Nc2ccccc2C(F)(F)F)on1. The molecule has 2 rings (SSSR count). The van der Waals surface area contributed by atoms with Crippen molar-refractivity contribution in [2.45, 2.75) is 13.1 Å². The van der Waals surface area contributed by atoms with Crippen molar-refractivity contribution in [3.05, 3.63) is 41.6 Å². The van der Waals surface area contributed by atoms with Crippen molar-refractivity contribution in [3.8, 4) is 0 Å². The van der Waals surface area contributed by atoms with Crippen LogP contribution in [0.3, 0.4) is 0 Å². The van der Waals surface area contributed by atoms with E-state index < -0.39 is 23.6 Å². The fourth-order valence-electron chi connectivity index (χ4n) is 2.17. The number of para-hydroxylation sites is 1. The molecule has 0 fully saturated rings. The molecular formula is C16H17F3N4O3. The van der Waals surface area contributed by atoms with Gasteiger partial charge in [-0.1, -0.05) is 17.3 Å². The number of rotatable bonds is 6. The van der Waals surface area contributed by atoms with Crippen LogP contribution in [0.5, 0.6) is 0 Å². The predicted octanol–water partition coefficient (Wildman–Crippen LogP) is 2.51. The van der Waals surface area contributed by atoms with Gasteiger partial charge in [0.15, 0.2) is 0 Å². The summed E-state index contributed by atoms with van der Waals surface area (Å²) in [4.78, 5) is 25.2. The molecule has 2 N–H and O–H groups in total. The van der Waals surface area contributed by atoms with Gasteiger partial charge in [-0.05, 0) is 26.1 Å². The maximum Gasteiger partial charge on any atom is 0.418 e. The zero-order valence-electron chi connectivity index (χ0n) is 14.1. The molecule has 0 spiro atoms. The van der Waals surface area contributed by atoms with Crippen LogP contribution in [0.1, 0.15) is 11.3 Å². The van der Waals surface area contributed by atoms with Crippen LogP contribution in [-0.2, 0) is 15.8 Å². The molecule has 0 saturated heterocycles. The zero-order chi connectivity index (χ0) is 19.3. The second-order valence-corrected chi connectivity index (χ2v) is 5.64. The number of hydrogen-bond acceptors (Lipinski definition) is 5. The molecule has 7 nitrogen and oxygen atoms in total. The highest BCUT2D eigenvalue weighted by Gasteiger charge is 2.33. The molecule has 1 aromatic heterocycles. The Balaban J connectivity index is 1.88. The van der Waals surface area contributed by atoms with E-state index in [1.54, 1.807) is 6.92 Å². The van der Waals surface area contributed by atoms with Crippen molar-refractivity contribution in [1.29, 1.82) is 0 Å². The van der Waals surface area contributed by atoms with Crippen molar-refractivity contribution in [1.82, 2.24) is 10.1 Å². The third-order valence-electron chi connectivity index (χ3n) is 3.22. The number of carbonyl (C=O) groups excluding carboxylic acids is 2. The number of nitrogens with one attached hydrogen (secondary N) is 2. The Morgan fingerprint density at radius 2 is 1.77 bits per heavy atom. The number of halogens is 3. The second kappa shape index (κ2) is 8.00. The first-order valence-electron chi connectivity index (χ1n) is 7.53. The molecule has 10 heteroatoms. The van der Waals surface area contributed by atoms with Gasteiger partial charge >= 0.3 is 6.18 Å². The van der Waals surface area contributed by atoms with Crippen molar-refractivity contribution in [3.63, 3.8) is 0 Å². The van der Waals surface area contributed by atoms with Crippen molar-refractivity contribution >= 4 is 23.4 Å². The minimum atomic E-state index is -4.58. The molecule has 0 unspecified atom stereocenters. The molecule has 0 radical (unpaired) electrons. The summed E-state index contributed by atoms with van der Waals surface area (Å²) in [7, 11) is 1.49. The van der Waals surface area contributed by atoms with Crippen LogP contribution < -0.4 is 10.6 Å².